The zero-order valence-electron chi connectivity index (χ0n) is 17.5. The predicted molar refractivity (Wildman–Crippen MR) is 104 cm³/mol. The van der Waals surface area contributed by atoms with E-state index < -0.39 is 5.97 Å². The van der Waals surface area contributed by atoms with E-state index in [9.17, 15) is 9.59 Å². The number of amides is 1. The maximum atomic E-state index is 12.7. The second-order valence-electron chi connectivity index (χ2n) is 7.43. The number of H-pyrrole nitrogens is 1. The van der Waals surface area contributed by atoms with Crippen LogP contribution in [0.3, 0.4) is 0 Å². The minimum atomic E-state index is -0.412. The van der Waals surface area contributed by atoms with Crippen LogP contribution in [-0.4, -0.2) is 38.8 Å². The Morgan fingerprint density at radius 2 is 1.81 bits per heavy atom. The van der Waals surface area contributed by atoms with Crippen molar-refractivity contribution < 1.29 is 14.3 Å². The van der Waals surface area contributed by atoms with Crippen LogP contribution in [-0.2, 0) is 18.2 Å². The fourth-order valence-electron chi connectivity index (χ4n) is 3.32. The number of ether oxygens (including phenoxy) is 1. The Hall–Kier alpha value is -2.57. The molecule has 0 saturated heterocycles. The number of carbonyl (C=O) groups is 2. The van der Waals surface area contributed by atoms with Gasteiger partial charge in [0.15, 0.2) is 0 Å². The van der Waals surface area contributed by atoms with Gasteiger partial charge in [0.25, 0.3) is 5.91 Å². The summed E-state index contributed by atoms with van der Waals surface area (Å²) in [6.07, 6.45) is 0.479. The van der Waals surface area contributed by atoms with Crippen LogP contribution in [0.25, 0.3) is 0 Å². The summed E-state index contributed by atoms with van der Waals surface area (Å²) in [6, 6.07) is -0.0758. The van der Waals surface area contributed by atoms with Gasteiger partial charge in [0.05, 0.1) is 17.4 Å². The molecule has 27 heavy (non-hydrogen) atoms. The van der Waals surface area contributed by atoms with E-state index in [1.165, 1.54) is 0 Å². The van der Waals surface area contributed by atoms with Gasteiger partial charge in [-0.15, -0.1) is 0 Å². The highest BCUT2D eigenvalue weighted by Gasteiger charge is 2.24. The molecule has 0 aromatic carbocycles. The molecule has 0 aliphatic rings. The van der Waals surface area contributed by atoms with Crippen LogP contribution in [0.2, 0.25) is 0 Å². The SMILES string of the molecule is Cc1nn(C)c(C)c1CC(C)NC(=O)c1[nH]c(C)c(C(=O)OC(C)C)c1C. The molecule has 2 heterocycles. The van der Waals surface area contributed by atoms with Crippen molar-refractivity contribution in [3.8, 4) is 0 Å². The molecule has 2 N–H and O–H groups in total. The minimum Gasteiger partial charge on any atom is -0.459 e. The zero-order chi connectivity index (χ0) is 20.5. The number of rotatable bonds is 6. The van der Waals surface area contributed by atoms with Crippen LogP contribution in [0, 0.1) is 27.7 Å². The van der Waals surface area contributed by atoms with Crippen LogP contribution in [0.4, 0.5) is 0 Å². The average Bonchev–Trinajstić information content (AvgIpc) is 2.97. The third-order valence-corrected chi connectivity index (χ3v) is 4.76. The smallest absolute Gasteiger partial charge is 0.340 e. The van der Waals surface area contributed by atoms with Gasteiger partial charge >= 0.3 is 5.97 Å². The van der Waals surface area contributed by atoms with Gasteiger partial charge in [-0.3, -0.25) is 9.48 Å². The average molecular weight is 374 g/mol. The van der Waals surface area contributed by atoms with Crippen molar-refractivity contribution in [2.75, 3.05) is 0 Å². The van der Waals surface area contributed by atoms with E-state index in [-0.39, 0.29) is 18.1 Å². The third kappa shape index (κ3) is 4.40. The van der Waals surface area contributed by atoms with Gasteiger partial charge in [0.1, 0.15) is 5.69 Å². The van der Waals surface area contributed by atoms with Crippen LogP contribution >= 0.6 is 0 Å². The van der Waals surface area contributed by atoms with Crippen LogP contribution in [0.15, 0.2) is 0 Å². The Morgan fingerprint density at radius 1 is 1.19 bits per heavy atom. The maximum Gasteiger partial charge on any atom is 0.340 e. The maximum absolute atomic E-state index is 12.7. The third-order valence-electron chi connectivity index (χ3n) is 4.76. The molecule has 0 radical (unpaired) electrons. The van der Waals surface area contributed by atoms with E-state index in [1.54, 1.807) is 27.7 Å². The predicted octanol–water partition coefficient (Wildman–Crippen LogP) is 2.91. The van der Waals surface area contributed by atoms with Gasteiger partial charge in [-0.05, 0) is 66.0 Å². The van der Waals surface area contributed by atoms with Gasteiger partial charge in [0, 0.05) is 24.5 Å². The molecule has 7 heteroatoms. The summed E-state index contributed by atoms with van der Waals surface area (Å²) in [4.78, 5) is 28.1. The molecule has 148 valence electrons. The molecule has 0 aliphatic carbocycles. The van der Waals surface area contributed by atoms with E-state index >= 15 is 0 Å². The Morgan fingerprint density at radius 3 is 2.33 bits per heavy atom. The number of nitrogens with zero attached hydrogens (tertiary/aromatic N) is 2. The van der Waals surface area contributed by atoms with E-state index in [4.69, 9.17) is 4.74 Å². The molecule has 1 unspecified atom stereocenters. The standard InChI is InChI=1S/C20H30N4O3/c1-10(2)27-20(26)17-12(4)18(22-14(17)6)19(25)21-11(3)9-16-13(5)23-24(8)15(16)7/h10-11,22H,9H2,1-8H3,(H,21,25). The van der Waals surface area contributed by atoms with Gasteiger partial charge in [-0.25, -0.2) is 4.79 Å². The van der Waals surface area contributed by atoms with Crippen molar-refractivity contribution in [3.05, 3.63) is 39.5 Å². The van der Waals surface area contributed by atoms with E-state index in [0.717, 1.165) is 17.0 Å². The quantitative estimate of drug-likeness (QED) is 0.761. The Labute approximate surface area is 160 Å². The molecule has 2 aromatic rings. The number of aromatic nitrogens is 3. The number of esters is 1. The second kappa shape index (κ2) is 7.98. The van der Waals surface area contributed by atoms with Crippen LogP contribution in [0.1, 0.15) is 69.8 Å². The molecular formula is C20H30N4O3. The highest BCUT2D eigenvalue weighted by molar-refractivity contribution is 6.00. The number of hydrogen-bond donors (Lipinski definition) is 2. The van der Waals surface area contributed by atoms with E-state index in [0.29, 0.717) is 28.9 Å². The molecule has 0 bridgehead atoms. The number of hydrogen-bond acceptors (Lipinski definition) is 4. The van der Waals surface area contributed by atoms with Gasteiger partial charge < -0.3 is 15.0 Å². The summed E-state index contributed by atoms with van der Waals surface area (Å²) in [5.41, 5.74) is 5.29. The molecule has 1 atom stereocenters. The summed E-state index contributed by atoms with van der Waals surface area (Å²) in [5, 5.41) is 7.43. The van der Waals surface area contributed by atoms with Crippen molar-refractivity contribution in [3.63, 3.8) is 0 Å². The summed E-state index contributed by atoms with van der Waals surface area (Å²) in [5.74, 6) is -0.643. The minimum absolute atomic E-state index is 0.0758. The molecule has 1 amide bonds. The first-order valence-corrected chi connectivity index (χ1v) is 9.23. The monoisotopic (exact) mass is 374 g/mol. The van der Waals surface area contributed by atoms with Gasteiger partial charge in [-0.1, -0.05) is 0 Å². The van der Waals surface area contributed by atoms with Gasteiger partial charge in [-0.2, -0.15) is 5.10 Å². The summed E-state index contributed by atoms with van der Waals surface area (Å²) in [7, 11) is 1.91. The van der Waals surface area contributed by atoms with Crippen molar-refractivity contribution in [1.29, 1.82) is 0 Å². The van der Waals surface area contributed by atoms with Crippen molar-refractivity contribution >= 4 is 11.9 Å². The molecule has 2 aromatic heterocycles. The Balaban J connectivity index is 2.15. The van der Waals surface area contributed by atoms with E-state index in [1.807, 2.05) is 32.5 Å². The summed E-state index contributed by atoms with van der Waals surface area (Å²) >= 11 is 0. The zero-order valence-corrected chi connectivity index (χ0v) is 17.5. The van der Waals surface area contributed by atoms with Crippen molar-refractivity contribution in [2.45, 2.75) is 67.0 Å². The number of nitrogens with one attached hydrogen (secondary N) is 2. The number of aryl methyl sites for hydroxylation is 3. The normalized spacial score (nSPS) is 12.3. The highest BCUT2D eigenvalue weighted by Crippen LogP contribution is 2.20. The fourth-order valence-corrected chi connectivity index (χ4v) is 3.32. The van der Waals surface area contributed by atoms with Gasteiger partial charge in [0.2, 0.25) is 0 Å². The summed E-state index contributed by atoms with van der Waals surface area (Å²) < 4.78 is 7.13. The largest absolute Gasteiger partial charge is 0.459 e. The first kappa shape index (κ1) is 20.7. The lowest BCUT2D eigenvalue weighted by Gasteiger charge is -2.14. The number of aromatic amines is 1. The topological polar surface area (TPSA) is 89.0 Å². The van der Waals surface area contributed by atoms with Crippen molar-refractivity contribution in [2.24, 2.45) is 7.05 Å². The number of carbonyl (C=O) groups excluding carboxylic acids is 2. The first-order valence-electron chi connectivity index (χ1n) is 9.23. The molecule has 0 spiro atoms. The molecular weight excluding hydrogens is 344 g/mol. The van der Waals surface area contributed by atoms with E-state index in [2.05, 4.69) is 15.4 Å². The Kier molecular flexibility index (Phi) is 6.13. The lowest BCUT2D eigenvalue weighted by atomic mass is 10.0. The second-order valence-corrected chi connectivity index (χ2v) is 7.43. The molecule has 0 saturated carbocycles. The van der Waals surface area contributed by atoms with Crippen molar-refractivity contribution in [1.82, 2.24) is 20.1 Å². The highest BCUT2D eigenvalue weighted by atomic mass is 16.5. The van der Waals surface area contributed by atoms with Crippen LogP contribution < -0.4 is 5.32 Å². The molecule has 0 aliphatic heterocycles. The summed E-state index contributed by atoms with van der Waals surface area (Å²) in [6.45, 7) is 13.1. The van der Waals surface area contributed by atoms with Crippen LogP contribution in [0.5, 0.6) is 0 Å². The lowest BCUT2D eigenvalue weighted by Crippen LogP contribution is -2.35. The lowest BCUT2D eigenvalue weighted by molar-refractivity contribution is 0.0376. The Bertz CT molecular complexity index is 861. The molecule has 0 fully saturated rings. The molecule has 2 rings (SSSR count). The molecule has 7 nitrogen and oxygen atoms in total. The fraction of sp³-hybridized carbons (Fsp3) is 0.550. The first-order chi connectivity index (χ1) is 12.5.